The van der Waals surface area contributed by atoms with Crippen molar-refractivity contribution in [1.29, 1.82) is 0 Å². The fourth-order valence-corrected chi connectivity index (χ4v) is 2.22. The number of aliphatic hydroxyl groups is 1. The summed E-state index contributed by atoms with van der Waals surface area (Å²) in [6.07, 6.45) is 8.30. The van der Waals surface area contributed by atoms with Crippen LogP contribution in [0.3, 0.4) is 0 Å². The molecule has 3 nitrogen and oxygen atoms in total. The minimum atomic E-state index is -0.258. The Labute approximate surface area is 90.7 Å². The van der Waals surface area contributed by atoms with Gasteiger partial charge in [0.15, 0.2) is 0 Å². The third kappa shape index (κ3) is 2.41. The van der Waals surface area contributed by atoms with E-state index in [0.29, 0.717) is 0 Å². The zero-order valence-electron chi connectivity index (χ0n) is 9.28. The molecule has 0 amide bonds. The average molecular weight is 209 g/mol. The van der Waals surface area contributed by atoms with E-state index in [1.54, 1.807) is 7.11 Å². The molecule has 0 aromatic carbocycles. The normalized spacial score (nSPS) is 21.1. The minimum absolute atomic E-state index is 0.258. The van der Waals surface area contributed by atoms with Gasteiger partial charge in [-0.1, -0.05) is 6.42 Å². The Balaban J connectivity index is 2.14. The summed E-state index contributed by atoms with van der Waals surface area (Å²) >= 11 is 0. The molecule has 1 aliphatic carbocycles. The Morgan fingerprint density at radius 2 is 2.33 bits per heavy atom. The number of hydrogen-bond donors (Lipinski definition) is 1. The molecule has 1 aromatic rings. The van der Waals surface area contributed by atoms with Crippen molar-refractivity contribution < 1.29 is 9.84 Å². The van der Waals surface area contributed by atoms with E-state index in [-0.39, 0.29) is 6.10 Å². The Morgan fingerprint density at radius 3 is 3.13 bits per heavy atom. The summed E-state index contributed by atoms with van der Waals surface area (Å²) in [5, 5.41) is 9.94. The van der Waals surface area contributed by atoms with Gasteiger partial charge in [0.2, 0.25) is 0 Å². The van der Waals surface area contributed by atoms with Crippen molar-refractivity contribution in [2.45, 2.75) is 38.3 Å². The molecule has 3 heteroatoms. The van der Waals surface area contributed by atoms with Crippen molar-refractivity contribution in [3.8, 4) is 0 Å². The fourth-order valence-electron chi connectivity index (χ4n) is 2.22. The van der Waals surface area contributed by atoms with E-state index in [4.69, 9.17) is 4.74 Å². The summed E-state index contributed by atoms with van der Waals surface area (Å²) in [5.41, 5.74) is 2.44. The molecule has 84 valence electrons. The number of hydrogen-bond acceptors (Lipinski definition) is 2. The van der Waals surface area contributed by atoms with Gasteiger partial charge in [-0.25, -0.2) is 0 Å². The molecule has 1 unspecified atom stereocenters. The zero-order chi connectivity index (χ0) is 10.7. The van der Waals surface area contributed by atoms with E-state index in [0.717, 1.165) is 38.0 Å². The molecule has 0 aliphatic heterocycles. The topological polar surface area (TPSA) is 34.4 Å². The van der Waals surface area contributed by atoms with E-state index in [9.17, 15) is 5.11 Å². The summed E-state index contributed by atoms with van der Waals surface area (Å²) in [4.78, 5) is 0. The Morgan fingerprint density at radius 1 is 1.47 bits per heavy atom. The Hall–Kier alpha value is -0.800. The maximum atomic E-state index is 9.94. The summed E-state index contributed by atoms with van der Waals surface area (Å²) in [6.45, 7) is 1.60. The number of aromatic nitrogens is 1. The van der Waals surface area contributed by atoms with Gasteiger partial charge in [0.05, 0.1) is 12.7 Å². The lowest BCUT2D eigenvalue weighted by Gasteiger charge is -2.06. The summed E-state index contributed by atoms with van der Waals surface area (Å²) in [6, 6.07) is 0. The van der Waals surface area contributed by atoms with E-state index >= 15 is 0 Å². The third-order valence-corrected chi connectivity index (χ3v) is 3.08. The lowest BCUT2D eigenvalue weighted by atomic mass is 10.1. The van der Waals surface area contributed by atoms with Crippen molar-refractivity contribution in [3.63, 3.8) is 0 Å². The summed E-state index contributed by atoms with van der Waals surface area (Å²) in [7, 11) is 1.71. The number of methoxy groups -OCH3 is 1. The lowest BCUT2D eigenvalue weighted by molar-refractivity contribution is 0.165. The fraction of sp³-hybridized carbons (Fsp3) is 0.667. The van der Waals surface area contributed by atoms with Crippen molar-refractivity contribution in [2.75, 3.05) is 13.7 Å². The van der Waals surface area contributed by atoms with Gasteiger partial charge in [-0.05, 0) is 24.8 Å². The smallest absolute Gasteiger partial charge is 0.0807 e. The first-order valence-electron chi connectivity index (χ1n) is 5.67. The molecule has 1 heterocycles. The van der Waals surface area contributed by atoms with E-state index in [1.165, 1.54) is 12.0 Å². The van der Waals surface area contributed by atoms with Gasteiger partial charge in [0, 0.05) is 31.6 Å². The van der Waals surface area contributed by atoms with Crippen LogP contribution in [0.25, 0.3) is 0 Å². The van der Waals surface area contributed by atoms with Gasteiger partial charge in [0.1, 0.15) is 0 Å². The highest BCUT2D eigenvalue weighted by molar-refractivity contribution is 5.27. The van der Waals surface area contributed by atoms with Crippen LogP contribution in [-0.4, -0.2) is 23.4 Å². The zero-order valence-corrected chi connectivity index (χ0v) is 9.28. The predicted octanol–water partition coefficient (Wildman–Crippen LogP) is 1.89. The van der Waals surface area contributed by atoms with Gasteiger partial charge in [-0.3, -0.25) is 0 Å². The average Bonchev–Trinajstić information content (AvgIpc) is 2.57. The summed E-state index contributed by atoms with van der Waals surface area (Å²) < 4.78 is 7.17. The predicted molar refractivity (Wildman–Crippen MR) is 58.8 cm³/mol. The first-order chi connectivity index (χ1) is 7.31. The van der Waals surface area contributed by atoms with Gasteiger partial charge in [-0.15, -0.1) is 0 Å². The van der Waals surface area contributed by atoms with Crippen LogP contribution in [0, 0.1) is 0 Å². The van der Waals surface area contributed by atoms with Crippen LogP contribution < -0.4 is 0 Å². The standard InChI is InChI=1S/C12H19NO2/c1-15-7-6-13-8-10-4-2-3-5-12(14)11(10)9-13/h8-9,12,14H,2-7H2,1H3. The molecule has 1 aliphatic rings. The quantitative estimate of drug-likeness (QED) is 0.771. The van der Waals surface area contributed by atoms with Gasteiger partial charge >= 0.3 is 0 Å². The highest BCUT2D eigenvalue weighted by Crippen LogP contribution is 2.29. The molecule has 0 saturated carbocycles. The first-order valence-corrected chi connectivity index (χ1v) is 5.67. The molecule has 0 spiro atoms. The molecule has 1 N–H and O–H groups in total. The van der Waals surface area contributed by atoms with Gasteiger partial charge < -0.3 is 14.4 Å². The molecule has 1 aromatic heterocycles. The van der Waals surface area contributed by atoms with Crippen molar-refractivity contribution in [3.05, 3.63) is 23.5 Å². The van der Waals surface area contributed by atoms with Crippen LogP contribution in [0.1, 0.15) is 36.5 Å². The molecule has 0 bridgehead atoms. The summed E-state index contributed by atoms with van der Waals surface area (Å²) in [5.74, 6) is 0. The number of aryl methyl sites for hydroxylation is 1. The number of nitrogens with zero attached hydrogens (tertiary/aromatic N) is 1. The molecule has 15 heavy (non-hydrogen) atoms. The molecule has 0 saturated heterocycles. The van der Waals surface area contributed by atoms with Crippen LogP contribution >= 0.6 is 0 Å². The Bertz CT molecular complexity index is 319. The second-order valence-electron chi connectivity index (χ2n) is 4.23. The maximum Gasteiger partial charge on any atom is 0.0807 e. The monoisotopic (exact) mass is 209 g/mol. The number of fused-ring (bicyclic) bond motifs is 1. The Kier molecular flexibility index (Phi) is 3.44. The number of aliphatic hydroxyl groups excluding tert-OH is 1. The second kappa shape index (κ2) is 4.81. The van der Waals surface area contributed by atoms with Crippen LogP contribution in [0.15, 0.2) is 12.4 Å². The molecular formula is C12H19NO2. The third-order valence-electron chi connectivity index (χ3n) is 3.08. The first kappa shape index (κ1) is 10.7. The van der Waals surface area contributed by atoms with Crippen LogP contribution in [0.2, 0.25) is 0 Å². The molecule has 2 rings (SSSR count). The number of rotatable bonds is 3. The highest BCUT2D eigenvalue weighted by atomic mass is 16.5. The molecular weight excluding hydrogens is 190 g/mol. The molecule has 0 radical (unpaired) electrons. The SMILES string of the molecule is COCCn1cc2c(c1)C(O)CCCC2. The minimum Gasteiger partial charge on any atom is -0.388 e. The van der Waals surface area contributed by atoms with E-state index in [2.05, 4.69) is 17.0 Å². The lowest BCUT2D eigenvalue weighted by Crippen LogP contribution is -2.02. The van der Waals surface area contributed by atoms with Crippen molar-refractivity contribution in [1.82, 2.24) is 4.57 Å². The highest BCUT2D eigenvalue weighted by Gasteiger charge is 2.17. The van der Waals surface area contributed by atoms with Gasteiger partial charge in [-0.2, -0.15) is 0 Å². The molecule has 1 atom stereocenters. The van der Waals surface area contributed by atoms with E-state index < -0.39 is 0 Å². The van der Waals surface area contributed by atoms with E-state index in [1.807, 2.05) is 0 Å². The molecule has 0 fully saturated rings. The van der Waals surface area contributed by atoms with Crippen LogP contribution in [0.5, 0.6) is 0 Å². The van der Waals surface area contributed by atoms with Crippen molar-refractivity contribution >= 4 is 0 Å². The maximum absolute atomic E-state index is 9.94. The number of ether oxygens (including phenoxy) is 1. The van der Waals surface area contributed by atoms with Crippen LogP contribution in [-0.2, 0) is 17.7 Å². The van der Waals surface area contributed by atoms with Crippen LogP contribution in [0.4, 0.5) is 0 Å². The van der Waals surface area contributed by atoms with Crippen molar-refractivity contribution in [2.24, 2.45) is 0 Å². The second-order valence-corrected chi connectivity index (χ2v) is 4.23. The van der Waals surface area contributed by atoms with Gasteiger partial charge in [0.25, 0.3) is 0 Å². The largest absolute Gasteiger partial charge is 0.388 e.